The predicted octanol–water partition coefficient (Wildman–Crippen LogP) is 3.76. The molecule has 1 amide bonds. The summed E-state index contributed by atoms with van der Waals surface area (Å²) >= 11 is 0. The van der Waals surface area contributed by atoms with E-state index in [9.17, 15) is 13.2 Å². The maximum atomic E-state index is 13.0. The summed E-state index contributed by atoms with van der Waals surface area (Å²) in [6, 6.07) is 12.4. The van der Waals surface area contributed by atoms with E-state index in [0.717, 1.165) is 22.3 Å². The number of hydrogen-bond acceptors (Lipinski definition) is 6. The first kappa shape index (κ1) is 23.2. The van der Waals surface area contributed by atoms with Gasteiger partial charge in [0.15, 0.2) is 0 Å². The van der Waals surface area contributed by atoms with Gasteiger partial charge in [-0.05, 0) is 59.7 Å². The number of amides is 1. The molecule has 8 nitrogen and oxygen atoms in total. The second kappa shape index (κ2) is 7.80. The van der Waals surface area contributed by atoms with Gasteiger partial charge in [-0.1, -0.05) is 31.4 Å². The van der Waals surface area contributed by atoms with Gasteiger partial charge >= 0.3 is 10.2 Å². The van der Waals surface area contributed by atoms with E-state index in [2.05, 4.69) is 33.9 Å². The highest BCUT2D eigenvalue weighted by Gasteiger charge is 2.76. The Hall–Kier alpha value is -2.91. The number of hydrogen-bond donors (Lipinski definition) is 1. The second-order valence-corrected chi connectivity index (χ2v) is 13.2. The Morgan fingerprint density at radius 1 is 1.08 bits per heavy atom. The lowest BCUT2D eigenvalue weighted by Gasteiger charge is -2.36. The van der Waals surface area contributed by atoms with Crippen LogP contribution in [0.15, 0.2) is 41.4 Å². The molecule has 0 aromatic heterocycles. The van der Waals surface area contributed by atoms with Gasteiger partial charge in [-0.15, -0.1) is 0 Å². The summed E-state index contributed by atoms with van der Waals surface area (Å²) in [7, 11) is 0.640. The molecule has 2 unspecified atom stereocenters. The SMILES string of the molecule is COc1ccc2c(c1)[C@H]1C3=N[C@@]31CN1c3cc(C(=O)NS(=O)(=O)N(C)C)ccc3C(C3CCCCC3)C21. The largest absolute Gasteiger partial charge is 0.497 e. The minimum atomic E-state index is -3.88. The maximum absolute atomic E-state index is 13.0. The Bertz CT molecular complexity index is 1460. The van der Waals surface area contributed by atoms with Crippen LogP contribution in [0.4, 0.5) is 5.69 Å². The fourth-order valence-electron chi connectivity index (χ4n) is 7.21. The third kappa shape index (κ3) is 3.32. The molecule has 0 saturated heterocycles. The molecule has 5 aliphatic rings. The van der Waals surface area contributed by atoms with Crippen molar-refractivity contribution in [1.29, 1.82) is 0 Å². The van der Waals surface area contributed by atoms with Crippen molar-refractivity contribution >= 4 is 27.5 Å². The van der Waals surface area contributed by atoms with Crippen LogP contribution in [0.3, 0.4) is 0 Å². The standard InChI is InChI=1S/C28H32N4O4S/c1-31(2)37(34,35)30-27(33)17-9-11-20-22(13-17)32-15-28-24(26(28)29-28)21-14-18(36-3)10-12-19(21)25(32)23(20)16-7-5-4-6-8-16/h9-14,16,23-25H,4-8,15H2,1-3H3,(H,30,33)/t23?,24-,25?,28+/m0/s1. The fraction of sp³-hybridized carbons (Fsp3) is 0.500. The Morgan fingerprint density at radius 3 is 2.54 bits per heavy atom. The molecular weight excluding hydrogens is 488 g/mol. The zero-order valence-corrected chi connectivity index (χ0v) is 22.2. The van der Waals surface area contributed by atoms with Crippen LogP contribution in [-0.2, 0) is 10.2 Å². The Balaban J connectivity index is 1.34. The molecule has 1 spiro atoms. The Labute approximate surface area is 217 Å². The summed E-state index contributed by atoms with van der Waals surface area (Å²) in [4.78, 5) is 20.3. The van der Waals surface area contributed by atoms with E-state index in [-0.39, 0.29) is 11.6 Å². The number of rotatable bonds is 5. The number of benzene rings is 2. The van der Waals surface area contributed by atoms with E-state index in [0.29, 0.717) is 23.3 Å². The highest BCUT2D eigenvalue weighted by molar-refractivity contribution is 7.87. The third-order valence-corrected chi connectivity index (χ3v) is 10.6. The monoisotopic (exact) mass is 520 g/mol. The first-order valence-corrected chi connectivity index (χ1v) is 14.6. The first-order chi connectivity index (χ1) is 17.7. The van der Waals surface area contributed by atoms with Gasteiger partial charge in [0.2, 0.25) is 0 Å². The van der Waals surface area contributed by atoms with Gasteiger partial charge in [-0.25, -0.2) is 4.72 Å². The van der Waals surface area contributed by atoms with Crippen LogP contribution in [0.1, 0.15) is 77.0 Å². The molecule has 0 bridgehead atoms. The molecule has 1 N–H and O–H groups in total. The molecule has 7 rings (SSSR count). The third-order valence-electron chi connectivity index (χ3n) is 9.21. The highest BCUT2D eigenvalue weighted by atomic mass is 32.2. The summed E-state index contributed by atoms with van der Waals surface area (Å²) in [5, 5.41) is 0. The van der Waals surface area contributed by atoms with Gasteiger partial charge in [-0.3, -0.25) is 9.79 Å². The number of anilines is 1. The number of nitrogens with zero attached hydrogens (tertiary/aromatic N) is 3. The lowest BCUT2D eigenvalue weighted by molar-refractivity contribution is 0.0979. The van der Waals surface area contributed by atoms with Crippen LogP contribution >= 0.6 is 0 Å². The minimum absolute atomic E-state index is 0.124. The molecule has 9 heteroatoms. The van der Waals surface area contributed by atoms with Crippen molar-refractivity contribution in [3.63, 3.8) is 0 Å². The number of ether oxygens (including phenoxy) is 1. The van der Waals surface area contributed by atoms with Gasteiger partial charge in [0, 0.05) is 31.3 Å². The van der Waals surface area contributed by atoms with Crippen LogP contribution in [-0.4, -0.2) is 57.6 Å². The molecule has 0 radical (unpaired) electrons. The second-order valence-electron chi connectivity index (χ2n) is 11.3. The quantitative estimate of drug-likeness (QED) is 0.648. The van der Waals surface area contributed by atoms with E-state index >= 15 is 0 Å². The zero-order chi connectivity index (χ0) is 25.7. The normalized spacial score (nSPS) is 29.2. The van der Waals surface area contributed by atoms with Gasteiger partial charge in [-0.2, -0.15) is 12.7 Å². The number of carbonyl (C=O) groups is 1. The number of carbonyl (C=O) groups excluding carboxylic acids is 1. The molecule has 194 valence electrons. The van der Waals surface area contributed by atoms with E-state index in [4.69, 9.17) is 9.73 Å². The summed E-state index contributed by atoms with van der Waals surface area (Å²) in [5.41, 5.74) is 6.48. The summed E-state index contributed by atoms with van der Waals surface area (Å²) in [6.45, 7) is 0.798. The maximum Gasteiger partial charge on any atom is 0.303 e. The highest BCUT2D eigenvalue weighted by Crippen LogP contribution is 2.69. The number of aliphatic imine (C=N–C) groups is 1. The average molecular weight is 521 g/mol. The van der Waals surface area contributed by atoms with Crippen molar-refractivity contribution in [2.45, 2.75) is 55.5 Å². The van der Waals surface area contributed by atoms with Crippen molar-refractivity contribution in [2.24, 2.45) is 10.9 Å². The predicted molar refractivity (Wildman–Crippen MR) is 142 cm³/mol. The lowest BCUT2D eigenvalue weighted by Crippen LogP contribution is -2.39. The molecule has 2 saturated carbocycles. The Kier molecular flexibility index (Phi) is 4.90. The molecule has 2 aromatic rings. The lowest BCUT2D eigenvalue weighted by atomic mass is 9.72. The first-order valence-electron chi connectivity index (χ1n) is 13.2. The van der Waals surface area contributed by atoms with Crippen LogP contribution in [0, 0.1) is 5.92 Å². The van der Waals surface area contributed by atoms with E-state index < -0.39 is 16.1 Å². The summed E-state index contributed by atoms with van der Waals surface area (Å²) in [6.07, 6.45) is 6.21. The summed E-state index contributed by atoms with van der Waals surface area (Å²) < 4.78 is 33.4. The van der Waals surface area contributed by atoms with Crippen LogP contribution in [0.2, 0.25) is 0 Å². The van der Waals surface area contributed by atoms with E-state index in [1.54, 1.807) is 13.2 Å². The molecule has 2 fully saturated rings. The van der Waals surface area contributed by atoms with Crippen LogP contribution < -0.4 is 14.4 Å². The number of fused-ring (bicyclic) bond motifs is 7. The van der Waals surface area contributed by atoms with Crippen molar-refractivity contribution in [2.75, 3.05) is 32.6 Å². The number of nitrogens with one attached hydrogen (secondary N) is 1. The fourth-order valence-corrected chi connectivity index (χ4v) is 7.75. The molecular formula is C28H32N4O4S. The molecule has 2 aromatic carbocycles. The van der Waals surface area contributed by atoms with Gasteiger partial charge in [0.25, 0.3) is 5.91 Å². The smallest absolute Gasteiger partial charge is 0.303 e. The van der Waals surface area contributed by atoms with Gasteiger partial charge in [0.1, 0.15) is 11.3 Å². The molecule has 4 atom stereocenters. The number of methoxy groups -OCH3 is 1. The van der Waals surface area contributed by atoms with E-state index in [1.807, 2.05) is 6.07 Å². The van der Waals surface area contributed by atoms with Crippen molar-refractivity contribution in [3.05, 3.63) is 58.7 Å². The topological polar surface area (TPSA) is 91.3 Å². The van der Waals surface area contributed by atoms with Gasteiger partial charge in [0.05, 0.1) is 31.3 Å². The zero-order valence-electron chi connectivity index (χ0n) is 21.4. The molecule has 2 aliphatic carbocycles. The molecule has 3 aliphatic heterocycles. The van der Waals surface area contributed by atoms with Crippen molar-refractivity contribution in [1.82, 2.24) is 9.03 Å². The average Bonchev–Trinajstić information content (AvgIpc) is 3.72. The van der Waals surface area contributed by atoms with Crippen molar-refractivity contribution < 1.29 is 17.9 Å². The molecule has 3 heterocycles. The summed E-state index contributed by atoms with van der Waals surface area (Å²) in [5.74, 6) is 1.51. The van der Waals surface area contributed by atoms with Crippen LogP contribution in [0.5, 0.6) is 5.75 Å². The Morgan fingerprint density at radius 2 is 1.84 bits per heavy atom. The minimum Gasteiger partial charge on any atom is -0.497 e. The molecule has 37 heavy (non-hydrogen) atoms. The van der Waals surface area contributed by atoms with Crippen molar-refractivity contribution in [3.8, 4) is 5.75 Å². The van der Waals surface area contributed by atoms with Crippen LogP contribution in [0.25, 0.3) is 0 Å². The van der Waals surface area contributed by atoms with Gasteiger partial charge < -0.3 is 9.64 Å². The van der Waals surface area contributed by atoms with E-state index in [1.165, 1.54) is 68.6 Å².